The van der Waals surface area contributed by atoms with Crippen LogP contribution in [-0.2, 0) is 14.3 Å². The number of carbonyl (C=O) groups is 3. The minimum Gasteiger partial charge on any atom is -0.465 e. The molecular formula is C21H24N4O4. The molecular weight excluding hydrogens is 372 g/mol. The van der Waals surface area contributed by atoms with E-state index in [0.717, 1.165) is 31.6 Å². The van der Waals surface area contributed by atoms with Gasteiger partial charge in [-0.1, -0.05) is 0 Å². The van der Waals surface area contributed by atoms with E-state index in [1.165, 1.54) is 19.2 Å². The third-order valence-electron chi connectivity index (χ3n) is 4.95. The predicted octanol–water partition coefficient (Wildman–Crippen LogP) is 1.84. The number of esters is 1. The van der Waals surface area contributed by atoms with Crippen LogP contribution in [0.5, 0.6) is 0 Å². The predicted molar refractivity (Wildman–Crippen MR) is 109 cm³/mol. The zero-order chi connectivity index (χ0) is 20.6. The first-order valence-electron chi connectivity index (χ1n) is 9.49. The molecule has 0 unspecified atom stereocenters. The molecule has 2 amide bonds. The number of anilines is 2. The van der Waals surface area contributed by atoms with Crippen LogP contribution in [0.3, 0.4) is 0 Å². The van der Waals surface area contributed by atoms with Crippen molar-refractivity contribution in [3.05, 3.63) is 54.4 Å². The largest absolute Gasteiger partial charge is 0.465 e. The maximum Gasteiger partial charge on any atom is 0.337 e. The van der Waals surface area contributed by atoms with Gasteiger partial charge in [-0.2, -0.15) is 0 Å². The first-order chi connectivity index (χ1) is 14.1. The van der Waals surface area contributed by atoms with Gasteiger partial charge in [-0.25, -0.2) is 4.79 Å². The normalized spacial score (nSPS) is 14.2. The smallest absolute Gasteiger partial charge is 0.337 e. The van der Waals surface area contributed by atoms with E-state index in [2.05, 4.69) is 25.3 Å². The Hall–Kier alpha value is -3.42. The molecule has 1 aliphatic heterocycles. The summed E-state index contributed by atoms with van der Waals surface area (Å²) < 4.78 is 4.62. The molecule has 0 radical (unpaired) electrons. The van der Waals surface area contributed by atoms with Crippen LogP contribution in [0.4, 0.5) is 11.4 Å². The Morgan fingerprint density at radius 1 is 1.10 bits per heavy atom. The van der Waals surface area contributed by atoms with Gasteiger partial charge in [0.25, 0.3) is 0 Å². The molecule has 1 aliphatic rings. The van der Waals surface area contributed by atoms with Crippen molar-refractivity contribution in [1.82, 2.24) is 10.3 Å². The van der Waals surface area contributed by atoms with E-state index in [0.29, 0.717) is 23.7 Å². The number of rotatable bonds is 5. The molecule has 0 bridgehead atoms. The Bertz CT molecular complexity index is 847. The number of amides is 2. The summed E-state index contributed by atoms with van der Waals surface area (Å²) >= 11 is 0. The van der Waals surface area contributed by atoms with E-state index >= 15 is 0 Å². The number of piperidine rings is 1. The second kappa shape index (κ2) is 9.68. The Balaban J connectivity index is 1.41. The van der Waals surface area contributed by atoms with Crippen molar-refractivity contribution in [2.24, 2.45) is 5.92 Å². The topological polar surface area (TPSA) is 101 Å². The number of nitrogens with one attached hydrogen (secondary N) is 2. The quantitative estimate of drug-likeness (QED) is 0.591. The average Bonchev–Trinajstić information content (AvgIpc) is 2.78. The number of methoxy groups -OCH3 is 1. The number of pyridine rings is 1. The number of ether oxygens (including phenoxy) is 1. The molecule has 3 rings (SSSR count). The van der Waals surface area contributed by atoms with Crippen LogP contribution in [0, 0.1) is 5.92 Å². The van der Waals surface area contributed by atoms with E-state index in [1.807, 2.05) is 18.3 Å². The molecule has 2 heterocycles. The third kappa shape index (κ3) is 5.54. The Morgan fingerprint density at radius 2 is 1.83 bits per heavy atom. The Morgan fingerprint density at radius 3 is 2.45 bits per heavy atom. The van der Waals surface area contributed by atoms with Crippen molar-refractivity contribution in [1.29, 1.82) is 0 Å². The fraction of sp³-hybridized carbons (Fsp3) is 0.333. The van der Waals surface area contributed by atoms with Crippen LogP contribution < -0.4 is 15.5 Å². The number of nitrogens with zero attached hydrogens (tertiary/aromatic N) is 2. The highest BCUT2D eigenvalue weighted by atomic mass is 16.5. The highest BCUT2D eigenvalue weighted by Gasteiger charge is 2.21. The SMILES string of the molecule is COC(=O)c1ccc(NC(=O)C(=O)NCC2CCN(c3cccnc3)CC2)cc1. The summed E-state index contributed by atoms with van der Waals surface area (Å²) in [5.41, 5.74) is 1.91. The molecule has 1 aromatic carbocycles. The molecule has 1 fully saturated rings. The zero-order valence-electron chi connectivity index (χ0n) is 16.3. The van der Waals surface area contributed by atoms with Gasteiger partial charge in [0.15, 0.2) is 0 Å². The van der Waals surface area contributed by atoms with Crippen LogP contribution in [0.2, 0.25) is 0 Å². The molecule has 0 saturated carbocycles. The van der Waals surface area contributed by atoms with Gasteiger partial charge in [0, 0.05) is 31.5 Å². The Labute approximate surface area is 169 Å². The van der Waals surface area contributed by atoms with Gasteiger partial charge in [0.2, 0.25) is 0 Å². The molecule has 1 saturated heterocycles. The van der Waals surface area contributed by atoms with Gasteiger partial charge >= 0.3 is 17.8 Å². The summed E-state index contributed by atoms with van der Waals surface area (Å²) in [7, 11) is 1.30. The minimum atomic E-state index is -0.733. The van der Waals surface area contributed by atoms with Crippen LogP contribution in [-0.4, -0.2) is 49.5 Å². The van der Waals surface area contributed by atoms with Crippen LogP contribution >= 0.6 is 0 Å². The van der Waals surface area contributed by atoms with Gasteiger partial charge in [-0.3, -0.25) is 14.6 Å². The third-order valence-corrected chi connectivity index (χ3v) is 4.95. The van der Waals surface area contributed by atoms with Gasteiger partial charge < -0.3 is 20.3 Å². The van der Waals surface area contributed by atoms with E-state index in [-0.39, 0.29) is 0 Å². The highest BCUT2D eigenvalue weighted by Crippen LogP contribution is 2.22. The lowest BCUT2D eigenvalue weighted by Crippen LogP contribution is -2.41. The molecule has 8 heteroatoms. The van der Waals surface area contributed by atoms with Crippen molar-refractivity contribution < 1.29 is 19.1 Å². The summed E-state index contributed by atoms with van der Waals surface area (Å²) in [6.45, 7) is 2.25. The fourth-order valence-corrected chi connectivity index (χ4v) is 3.25. The molecule has 8 nitrogen and oxygen atoms in total. The second-order valence-corrected chi connectivity index (χ2v) is 6.87. The molecule has 29 heavy (non-hydrogen) atoms. The fourth-order valence-electron chi connectivity index (χ4n) is 3.25. The molecule has 2 N–H and O–H groups in total. The molecule has 0 aliphatic carbocycles. The average molecular weight is 396 g/mol. The second-order valence-electron chi connectivity index (χ2n) is 6.87. The van der Waals surface area contributed by atoms with Crippen LogP contribution in [0.1, 0.15) is 23.2 Å². The van der Waals surface area contributed by atoms with Crippen molar-refractivity contribution in [2.75, 3.05) is 37.0 Å². The summed E-state index contributed by atoms with van der Waals surface area (Å²) in [5, 5.41) is 5.23. The first-order valence-corrected chi connectivity index (χ1v) is 9.49. The summed E-state index contributed by atoms with van der Waals surface area (Å²) in [5.74, 6) is -1.53. The lowest BCUT2D eigenvalue weighted by molar-refractivity contribution is -0.136. The summed E-state index contributed by atoms with van der Waals surface area (Å²) in [6, 6.07) is 10.1. The molecule has 0 atom stereocenters. The van der Waals surface area contributed by atoms with Gasteiger partial charge in [-0.05, 0) is 55.2 Å². The monoisotopic (exact) mass is 396 g/mol. The van der Waals surface area contributed by atoms with Crippen molar-refractivity contribution >= 4 is 29.2 Å². The maximum absolute atomic E-state index is 12.1. The van der Waals surface area contributed by atoms with Gasteiger partial charge in [-0.15, -0.1) is 0 Å². The van der Waals surface area contributed by atoms with Gasteiger partial charge in [0.1, 0.15) is 0 Å². The van der Waals surface area contributed by atoms with Gasteiger partial charge in [0.05, 0.1) is 24.6 Å². The van der Waals surface area contributed by atoms with Crippen LogP contribution in [0.25, 0.3) is 0 Å². The van der Waals surface area contributed by atoms with Crippen molar-refractivity contribution in [2.45, 2.75) is 12.8 Å². The van der Waals surface area contributed by atoms with Crippen molar-refractivity contribution in [3.63, 3.8) is 0 Å². The molecule has 0 spiro atoms. The lowest BCUT2D eigenvalue weighted by atomic mass is 9.96. The highest BCUT2D eigenvalue weighted by molar-refractivity contribution is 6.39. The zero-order valence-corrected chi connectivity index (χ0v) is 16.3. The first kappa shape index (κ1) is 20.3. The van der Waals surface area contributed by atoms with E-state index < -0.39 is 17.8 Å². The molecule has 2 aromatic rings. The Kier molecular flexibility index (Phi) is 6.78. The number of aromatic nitrogens is 1. The minimum absolute atomic E-state index is 0.332. The molecule has 152 valence electrons. The number of carbonyl (C=O) groups excluding carboxylic acids is 3. The number of hydrogen-bond donors (Lipinski definition) is 2. The standard InChI is InChI=1S/C21H24N4O4/c1-29-21(28)16-4-6-17(7-5-16)24-20(27)19(26)23-13-15-8-11-25(12-9-15)18-3-2-10-22-14-18/h2-7,10,14-15H,8-9,11-13H2,1H3,(H,23,26)(H,24,27). The number of hydrogen-bond acceptors (Lipinski definition) is 6. The summed E-state index contributed by atoms with van der Waals surface area (Å²) in [4.78, 5) is 42.0. The van der Waals surface area contributed by atoms with E-state index in [1.54, 1.807) is 18.3 Å². The van der Waals surface area contributed by atoms with Crippen LogP contribution in [0.15, 0.2) is 48.8 Å². The molecule has 1 aromatic heterocycles. The van der Waals surface area contributed by atoms with Crippen molar-refractivity contribution in [3.8, 4) is 0 Å². The van der Waals surface area contributed by atoms with E-state index in [4.69, 9.17) is 0 Å². The number of benzene rings is 1. The lowest BCUT2D eigenvalue weighted by Gasteiger charge is -2.33. The van der Waals surface area contributed by atoms with E-state index in [9.17, 15) is 14.4 Å². The summed E-state index contributed by atoms with van der Waals surface area (Å²) in [6.07, 6.45) is 5.48. The maximum atomic E-state index is 12.1.